The van der Waals surface area contributed by atoms with E-state index >= 15 is 0 Å². The minimum absolute atomic E-state index is 0.0818. The van der Waals surface area contributed by atoms with E-state index in [1.807, 2.05) is 24.5 Å². The molecule has 1 N–H and O–H groups in total. The smallest absolute Gasteiger partial charge is 0.220 e. The Hall–Kier alpha value is -1.16. The summed E-state index contributed by atoms with van der Waals surface area (Å²) in [5.41, 5.74) is 0. The molecule has 0 aliphatic heterocycles. The molecular weight excluding hydrogens is 196 g/mol. The van der Waals surface area contributed by atoms with Crippen molar-refractivity contribution in [2.24, 2.45) is 0 Å². The molecule has 0 aliphatic rings. The average molecular weight is 210 g/mol. The van der Waals surface area contributed by atoms with Crippen LogP contribution in [0.4, 0.5) is 0 Å². The molecule has 4 heteroatoms. The molecule has 0 aliphatic carbocycles. The lowest BCUT2D eigenvalue weighted by Crippen LogP contribution is -2.23. The van der Waals surface area contributed by atoms with Gasteiger partial charge < -0.3 is 5.32 Å². The molecule has 3 nitrogen and oxygen atoms in total. The number of nitrogens with one attached hydrogen (secondary N) is 1. The van der Waals surface area contributed by atoms with Crippen molar-refractivity contribution in [1.29, 1.82) is 0 Å². The molecule has 0 aromatic carbocycles. The van der Waals surface area contributed by atoms with Crippen molar-refractivity contribution in [3.63, 3.8) is 0 Å². The molecule has 0 saturated heterocycles. The first-order valence-electron chi connectivity index (χ1n) is 4.59. The predicted molar refractivity (Wildman–Crippen MR) is 58.3 cm³/mol. The van der Waals surface area contributed by atoms with Gasteiger partial charge in [-0.2, -0.15) is 0 Å². The molecular formula is C10H14N2OS. The van der Waals surface area contributed by atoms with E-state index in [9.17, 15) is 4.79 Å². The van der Waals surface area contributed by atoms with Gasteiger partial charge in [0.05, 0.1) is 5.01 Å². The largest absolute Gasteiger partial charge is 0.353 e. The first kappa shape index (κ1) is 10.9. The molecule has 0 fully saturated rings. The Labute approximate surface area is 87.9 Å². The van der Waals surface area contributed by atoms with Crippen LogP contribution in [0.15, 0.2) is 23.7 Å². The highest BCUT2D eigenvalue weighted by Gasteiger charge is 2.01. The number of carbonyl (C=O) groups excluding carboxylic acids is 1. The minimum atomic E-state index is 0.0818. The molecule has 0 unspecified atom stereocenters. The third-order valence-corrected chi connectivity index (χ3v) is 2.54. The van der Waals surface area contributed by atoms with E-state index in [4.69, 9.17) is 0 Å². The molecule has 1 aromatic heterocycles. The van der Waals surface area contributed by atoms with Crippen molar-refractivity contribution in [2.45, 2.75) is 19.8 Å². The number of nitrogens with zero attached hydrogens (tertiary/aromatic N) is 1. The number of carbonyl (C=O) groups is 1. The van der Waals surface area contributed by atoms with E-state index in [2.05, 4.69) is 10.3 Å². The maximum atomic E-state index is 11.2. The topological polar surface area (TPSA) is 42.0 Å². The fourth-order valence-corrected chi connectivity index (χ4v) is 1.60. The summed E-state index contributed by atoms with van der Waals surface area (Å²) in [5, 5.41) is 5.74. The Morgan fingerprint density at radius 3 is 3.21 bits per heavy atom. The van der Waals surface area contributed by atoms with Crippen LogP contribution in [0, 0.1) is 0 Å². The lowest BCUT2D eigenvalue weighted by atomic mass is 10.3. The maximum Gasteiger partial charge on any atom is 0.220 e. The van der Waals surface area contributed by atoms with Crippen molar-refractivity contribution >= 4 is 17.2 Å². The first-order chi connectivity index (χ1) is 6.83. The first-order valence-corrected chi connectivity index (χ1v) is 5.47. The highest BCUT2D eigenvalue weighted by Crippen LogP contribution is 2.06. The minimum Gasteiger partial charge on any atom is -0.353 e. The molecule has 1 aromatic rings. The van der Waals surface area contributed by atoms with Gasteiger partial charge in [0.2, 0.25) is 5.91 Å². The number of hydrogen-bond donors (Lipinski definition) is 1. The zero-order valence-electron chi connectivity index (χ0n) is 8.19. The van der Waals surface area contributed by atoms with Gasteiger partial charge in [0, 0.05) is 31.0 Å². The third kappa shape index (κ3) is 4.18. The van der Waals surface area contributed by atoms with Gasteiger partial charge in [0.15, 0.2) is 0 Å². The number of amides is 1. The van der Waals surface area contributed by atoms with Gasteiger partial charge in [-0.25, -0.2) is 4.98 Å². The summed E-state index contributed by atoms with van der Waals surface area (Å²) in [7, 11) is 0. The summed E-state index contributed by atoms with van der Waals surface area (Å²) >= 11 is 1.59. The van der Waals surface area contributed by atoms with Crippen LogP contribution in [0.5, 0.6) is 0 Å². The standard InChI is InChI=1S/C10H14N2OS/c1-2-3-6-11-9(13)4-5-10-12-7-8-14-10/h2-3,7-8H,4-6H2,1H3,(H,11,13)/b3-2-. The van der Waals surface area contributed by atoms with Crippen LogP contribution in [0.3, 0.4) is 0 Å². The van der Waals surface area contributed by atoms with E-state index in [0.717, 1.165) is 11.4 Å². The van der Waals surface area contributed by atoms with Crippen molar-refractivity contribution in [3.8, 4) is 0 Å². The SMILES string of the molecule is C/C=C\CNC(=O)CCc1nccs1. The lowest BCUT2D eigenvalue weighted by molar-refractivity contribution is -0.120. The number of thiazole rings is 1. The normalized spacial score (nSPS) is 10.6. The molecule has 1 rings (SSSR count). The molecule has 1 amide bonds. The van der Waals surface area contributed by atoms with Crippen molar-refractivity contribution in [3.05, 3.63) is 28.7 Å². The lowest BCUT2D eigenvalue weighted by Gasteiger charge is -1.99. The van der Waals surface area contributed by atoms with E-state index in [-0.39, 0.29) is 5.91 Å². The highest BCUT2D eigenvalue weighted by atomic mass is 32.1. The van der Waals surface area contributed by atoms with Gasteiger partial charge in [-0.15, -0.1) is 11.3 Å². The molecule has 0 atom stereocenters. The molecule has 0 radical (unpaired) electrons. The third-order valence-electron chi connectivity index (χ3n) is 1.70. The molecule has 14 heavy (non-hydrogen) atoms. The monoisotopic (exact) mass is 210 g/mol. The maximum absolute atomic E-state index is 11.2. The number of allylic oxidation sites excluding steroid dienone is 1. The molecule has 0 saturated carbocycles. The van der Waals surface area contributed by atoms with E-state index in [1.165, 1.54) is 0 Å². The zero-order chi connectivity index (χ0) is 10.2. The van der Waals surface area contributed by atoms with E-state index in [0.29, 0.717) is 13.0 Å². The second kappa shape index (κ2) is 6.32. The summed E-state index contributed by atoms with van der Waals surface area (Å²) in [5.74, 6) is 0.0818. The van der Waals surface area contributed by atoms with Crippen LogP contribution in [0.2, 0.25) is 0 Å². The van der Waals surface area contributed by atoms with Gasteiger partial charge in [-0.05, 0) is 6.92 Å². The molecule has 1 heterocycles. The van der Waals surface area contributed by atoms with Crippen molar-refractivity contribution in [1.82, 2.24) is 10.3 Å². The number of hydrogen-bond acceptors (Lipinski definition) is 3. The van der Waals surface area contributed by atoms with E-state index in [1.54, 1.807) is 17.5 Å². The Morgan fingerprint density at radius 1 is 1.71 bits per heavy atom. The van der Waals surface area contributed by atoms with Crippen LogP contribution in [-0.4, -0.2) is 17.4 Å². The Bertz CT molecular complexity index is 293. The second-order valence-electron chi connectivity index (χ2n) is 2.80. The second-order valence-corrected chi connectivity index (χ2v) is 3.78. The van der Waals surface area contributed by atoms with Gasteiger partial charge >= 0.3 is 0 Å². The predicted octanol–water partition coefficient (Wildman–Crippen LogP) is 1.77. The summed E-state index contributed by atoms with van der Waals surface area (Å²) in [6, 6.07) is 0. The van der Waals surface area contributed by atoms with Crippen molar-refractivity contribution < 1.29 is 4.79 Å². The fraction of sp³-hybridized carbons (Fsp3) is 0.400. The molecule has 76 valence electrons. The van der Waals surface area contributed by atoms with Crippen molar-refractivity contribution in [2.75, 3.05) is 6.54 Å². The fourth-order valence-electron chi connectivity index (χ4n) is 0.976. The van der Waals surface area contributed by atoms with Crippen LogP contribution < -0.4 is 5.32 Å². The van der Waals surface area contributed by atoms with Gasteiger partial charge in [0.1, 0.15) is 0 Å². The summed E-state index contributed by atoms with van der Waals surface area (Å²) in [6.07, 6.45) is 6.85. The zero-order valence-corrected chi connectivity index (χ0v) is 9.01. The Balaban J connectivity index is 2.15. The number of aryl methyl sites for hydroxylation is 1. The van der Waals surface area contributed by atoms with E-state index < -0.39 is 0 Å². The average Bonchev–Trinajstić information content (AvgIpc) is 2.68. The highest BCUT2D eigenvalue weighted by molar-refractivity contribution is 7.09. The number of aromatic nitrogens is 1. The van der Waals surface area contributed by atoms with Crippen LogP contribution in [0.25, 0.3) is 0 Å². The van der Waals surface area contributed by atoms with Crippen LogP contribution in [0.1, 0.15) is 18.4 Å². The summed E-state index contributed by atoms with van der Waals surface area (Å²) in [6.45, 7) is 2.55. The quantitative estimate of drug-likeness (QED) is 0.752. The van der Waals surface area contributed by atoms with Crippen LogP contribution in [-0.2, 0) is 11.2 Å². The molecule has 0 bridgehead atoms. The van der Waals surface area contributed by atoms with Gasteiger partial charge in [-0.3, -0.25) is 4.79 Å². The summed E-state index contributed by atoms with van der Waals surface area (Å²) < 4.78 is 0. The number of rotatable bonds is 5. The Morgan fingerprint density at radius 2 is 2.57 bits per heavy atom. The Kier molecular flexibility index (Phi) is 4.93. The molecule has 0 spiro atoms. The van der Waals surface area contributed by atoms with Crippen LogP contribution >= 0.6 is 11.3 Å². The van der Waals surface area contributed by atoms with Gasteiger partial charge in [0.25, 0.3) is 0 Å². The summed E-state index contributed by atoms with van der Waals surface area (Å²) in [4.78, 5) is 15.4. The van der Waals surface area contributed by atoms with Gasteiger partial charge in [-0.1, -0.05) is 12.2 Å².